The van der Waals surface area contributed by atoms with Crippen molar-refractivity contribution < 1.29 is 45.2 Å². The molecule has 0 amide bonds. The summed E-state index contributed by atoms with van der Waals surface area (Å²) in [4.78, 5) is 0. The maximum absolute atomic E-state index is 10.1. The summed E-state index contributed by atoms with van der Waals surface area (Å²) in [5, 5.41) is 67.8. The molecule has 1 aliphatic heterocycles. The van der Waals surface area contributed by atoms with Crippen LogP contribution in [0.25, 0.3) is 12.2 Å². The lowest BCUT2D eigenvalue weighted by atomic mass is 9.99. The normalized spacial score (nSPS) is 27.2. The second-order valence-electron chi connectivity index (χ2n) is 6.66. The number of aromatic hydroxyl groups is 3. The number of hydrogen-bond donors (Lipinski definition) is 7. The van der Waals surface area contributed by atoms with Gasteiger partial charge in [0.1, 0.15) is 35.9 Å². The molecule has 2 aromatic rings. The first-order valence-electron chi connectivity index (χ1n) is 8.80. The van der Waals surface area contributed by atoms with Crippen molar-refractivity contribution in [2.75, 3.05) is 6.61 Å². The zero-order valence-corrected chi connectivity index (χ0v) is 15.2. The predicted molar refractivity (Wildman–Crippen MR) is 101 cm³/mol. The van der Waals surface area contributed by atoms with Gasteiger partial charge in [0, 0.05) is 6.07 Å². The van der Waals surface area contributed by atoms with Crippen molar-refractivity contribution in [1.29, 1.82) is 0 Å². The fourth-order valence-corrected chi connectivity index (χ4v) is 2.91. The predicted octanol–water partition coefficient (Wildman–Crippen LogP) is 0.152. The summed E-state index contributed by atoms with van der Waals surface area (Å²) in [6, 6.07) is 8.52. The summed E-state index contributed by atoms with van der Waals surface area (Å²) in [7, 11) is 0. The van der Waals surface area contributed by atoms with E-state index >= 15 is 0 Å². The minimum atomic E-state index is -1.58. The van der Waals surface area contributed by atoms with Gasteiger partial charge in [0.2, 0.25) is 6.29 Å². The summed E-state index contributed by atoms with van der Waals surface area (Å²) in [6.07, 6.45) is -3.90. The summed E-state index contributed by atoms with van der Waals surface area (Å²) < 4.78 is 10.8. The molecule has 7 N–H and O–H groups in total. The zero-order chi connectivity index (χ0) is 21.1. The lowest BCUT2D eigenvalue weighted by Crippen LogP contribution is -2.60. The first kappa shape index (κ1) is 20.9. The van der Waals surface area contributed by atoms with Crippen LogP contribution in [-0.4, -0.2) is 73.1 Å². The third-order valence-electron chi connectivity index (χ3n) is 4.48. The van der Waals surface area contributed by atoms with Gasteiger partial charge in [0.25, 0.3) is 0 Å². The molecular weight excluding hydrogens is 384 g/mol. The van der Waals surface area contributed by atoms with Crippen LogP contribution >= 0.6 is 0 Å². The second kappa shape index (κ2) is 8.68. The molecule has 5 atom stereocenters. The van der Waals surface area contributed by atoms with Gasteiger partial charge >= 0.3 is 0 Å². The maximum atomic E-state index is 10.1. The molecule has 9 nitrogen and oxygen atoms in total. The van der Waals surface area contributed by atoms with Crippen LogP contribution in [-0.2, 0) is 4.74 Å². The largest absolute Gasteiger partial charge is 0.508 e. The van der Waals surface area contributed by atoms with Gasteiger partial charge in [-0.05, 0) is 35.4 Å². The Kier molecular flexibility index (Phi) is 6.26. The third-order valence-corrected chi connectivity index (χ3v) is 4.48. The van der Waals surface area contributed by atoms with Crippen LogP contribution in [0.1, 0.15) is 11.1 Å². The van der Waals surface area contributed by atoms with Gasteiger partial charge in [-0.15, -0.1) is 0 Å². The van der Waals surface area contributed by atoms with Crippen LogP contribution in [0.3, 0.4) is 0 Å². The minimum absolute atomic E-state index is 0.113. The molecule has 0 spiro atoms. The Morgan fingerprint density at radius 3 is 2.24 bits per heavy atom. The molecule has 156 valence electrons. The first-order chi connectivity index (χ1) is 13.8. The molecule has 0 aliphatic carbocycles. The highest BCUT2D eigenvalue weighted by atomic mass is 16.7. The Labute approximate surface area is 165 Å². The van der Waals surface area contributed by atoms with Crippen molar-refractivity contribution in [3.63, 3.8) is 0 Å². The standard InChI is InChI=1S/C20H22O9/c21-9-16-17(25)18(26)19(27)20(29-16)28-13-6-11(5-12(22)8-13)2-1-10-3-4-14(23)15(24)7-10/h1-8,16-27H,9H2/t16-,17-,18+,19-,20?/m1/s1. The molecule has 0 bridgehead atoms. The van der Waals surface area contributed by atoms with E-state index in [9.17, 15) is 35.7 Å². The van der Waals surface area contributed by atoms with Gasteiger partial charge in [-0.2, -0.15) is 0 Å². The van der Waals surface area contributed by atoms with E-state index in [1.54, 1.807) is 18.2 Å². The second-order valence-corrected chi connectivity index (χ2v) is 6.66. The highest BCUT2D eigenvalue weighted by molar-refractivity contribution is 5.72. The fraction of sp³-hybridized carbons (Fsp3) is 0.300. The molecule has 1 fully saturated rings. The number of phenols is 3. The quantitative estimate of drug-likeness (QED) is 0.271. The van der Waals surface area contributed by atoms with Crippen LogP contribution in [0.4, 0.5) is 0 Å². The van der Waals surface area contributed by atoms with Crippen molar-refractivity contribution >= 4 is 12.2 Å². The highest BCUT2D eigenvalue weighted by Crippen LogP contribution is 2.29. The number of phenolic OH excluding ortho intramolecular Hbond substituents is 3. The van der Waals surface area contributed by atoms with E-state index in [0.29, 0.717) is 11.1 Å². The van der Waals surface area contributed by atoms with Gasteiger partial charge in [-0.25, -0.2) is 0 Å². The number of benzene rings is 2. The molecule has 3 rings (SSSR count). The number of hydrogen-bond acceptors (Lipinski definition) is 9. The highest BCUT2D eigenvalue weighted by Gasteiger charge is 2.44. The Balaban J connectivity index is 1.78. The van der Waals surface area contributed by atoms with Gasteiger partial charge < -0.3 is 45.2 Å². The zero-order valence-electron chi connectivity index (χ0n) is 15.2. The van der Waals surface area contributed by atoms with E-state index in [-0.39, 0.29) is 23.0 Å². The third kappa shape index (κ3) is 4.78. The van der Waals surface area contributed by atoms with Gasteiger partial charge in [-0.3, -0.25) is 0 Å². The number of aliphatic hydroxyl groups is 4. The van der Waals surface area contributed by atoms with Crippen LogP contribution < -0.4 is 4.74 Å². The van der Waals surface area contributed by atoms with E-state index in [0.717, 1.165) is 0 Å². The van der Waals surface area contributed by atoms with Crippen molar-refractivity contribution in [2.45, 2.75) is 30.7 Å². The van der Waals surface area contributed by atoms with Crippen LogP contribution in [0.15, 0.2) is 36.4 Å². The van der Waals surface area contributed by atoms with E-state index in [2.05, 4.69) is 0 Å². The lowest BCUT2D eigenvalue weighted by molar-refractivity contribution is -0.277. The molecular formula is C20H22O9. The Bertz CT molecular complexity index is 880. The number of rotatable bonds is 5. The fourth-order valence-electron chi connectivity index (χ4n) is 2.91. The summed E-state index contributed by atoms with van der Waals surface area (Å²) in [6.45, 7) is -0.585. The molecule has 1 saturated heterocycles. The average Bonchev–Trinajstić information content (AvgIpc) is 2.69. The van der Waals surface area contributed by atoms with E-state index in [1.165, 1.54) is 30.3 Å². The number of aliphatic hydroxyl groups excluding tert-OH is 4. The van der Waals surface area contributed by atoms with Crippen LogP contribution in [0.5, 0.6) is 23.0 Å². The Morgan fingerprint density at radius 1 is 0.828 bits per heavy atom. The van der Waals surface area contributed by atoms with E-state index < -0.39 is 37.3 Å². The lowest BCUT2D eigenvalue weighted by Gasteiger charge is -2.39. The molecule has 1 unspecified atom stereocenters. The van der Waals surface area contributed by atoms with E-state index in [1.807, 2.05) is 0 Å². The topological polar surface area (TPSA) is 160 Å². The maximum Gasteiger partial charge on any atom is 0.229 e. The molecule has 1 heterocycles. The van der Waals surface area contributed by atoms with Crippen molar-refractivity contribution in [2.24, 2.45) is 0 Å². The van der Waals surface area contributed by atoms with Crippen molar-refractivity contribution in [3.05, 3.63) is 47.5 Å². The monoisotopic (exact) mass is 406 g/mol. The van der Waals surface area contributed by atoms with Crippen LogP contribution in [0.2, 0.25) is 0 Å². The molecule has 29 heavy (non-hydrogen) atoms. The Hall–Kier alpha value is -2.82. The van der Waals surface area contributed by atoms with Gasteiger partial charge in [0.15, 0.2) is 11.5 Å². The minimum Gasteiger partial charge on any atom is -0.508 e. The van der Waals surface area contributed by atoms with Gasteiger partial charge in [-0.1, -0.05) is 18.2 Å². The van der Waals surface area contributed by atoms with Crippen molar-refractivity contribution in [1.82, 2.24) is 0 Å². The van der Waals surface area contributed by atoms with E-state index in [4.69, 9.17) is 9.47 Å². The summed E-state index contributed by atoms with van der Waals surface area (Å²) >= 11 is 0. The van der Waals surface area contributed by atoms with Gasteiger partial charge in [0.05, 0.1) is 6.61 Å². The first-order valence-corrected chi connectivity index (χ1v) is 8.80. The average molecular weight is 406 g/mol. The number of ether oxygens (including phenoxy) is 2. The Morgan fingerprint density at radius 2 is 1.55 bits per heavy atom. The molecule has 2 aromatic carbocycles. The molecule has 9 heteroatoms. The smallest absolute Gasteiger partial charge is 0.229 e. The SMILES string of the molecule is OC[C@H]1OC(Oc2cc(O)cc(C=Cc3ccc(O)c(O)c3)c2)[C@H](O)[C@@H](O)[C@@H]1O. The molecule has 0 saturated carbocycles. The molecule has 0 aromatic heterocycles. The molecule has 1 aliphatic rings. The van der Waals surface area contributed by atoms with Crippen LogP contribution in [0, 0.1) is 0 Å². The molecule has 0 radical (unpaired) electrons. The van der Waals surface area contributed by atoms with Crippen molar-refractivity contribution in [3.8, 4) is 23.0 Å². The summed E-state index contributed by atoms with van der Waals surface area (Å²) in [5.41, 5.74) is 1.11. The summed E-state index contributed by atoms with van der Waals surface area (Å²) in [5.74, 6) is -0.535.